The van der Waals surface area contributed by atoms with Crippen molar-refractivity contribution in [1.29, 1.82) is 0 Å². The maximum atomic E-state index is 13.5. The number of hydrogen-bond acceptors (Lipinski definition) is 2. The molecule has 0 heterocycles. The maximum absolute atomic E-state index is 13.5. The van der Waals surface area contributed by atoms with Crippen molar-refractivity contribution in [2.75, 3.05) is 6.54 Å². The van der Waals surface area contributed by atoms with E-state index >= 15 is 0 Å². The van der Waals surface area contributed by atoms with Crippen molar-refractivity contribution in [2.24, 2.45) is 5.92 Å². The first-order valence-corrected chi connectivity index (χ1v) is 7.20. The summed E-state index contributed by atoms with van der Waals surface area (Å²) in [5.74, 6) is -0.936. The fraction of sp³-hybridized carbons (Fsp3) is 0.500. The van der Waals surface area contributed by atoms with Crippen LogP contribution in [0.1, 0.15) is 37.0 Å². The van der Waals surface area contributed by atoms with Crippen molar-refractivity contribution >= 4 is 21.8 Å². The SMILES string of the molecule is CCC(CC)C(O)CNC(=O)c1cc(Br)ccc1F. The van der Waals surface area contributed by atoms with E-state index < -0.39 is 17.8 Å². The second kappa shape index (κ2) is 7.60. The summed E-state index contributed by atoms with van der Waals surface area (Å²) in [6, 6.07) is 4.19. The van der Waals surface area contributed by atoms with Gasteiger partial charge in [-0.1, -0.05) is 42.6 Å². The van der Waals surface area contributed by atoms with Crippen molar-refractivity contribution in [2.45, 2.75) is 32.8 Å². The molecule has 0 aliphatic rings. The normalized spacial score (nSPS) is 12.5. The molecule has 3 nitrogen and oxygen atoms in total. The van der Waals surface area contributed by atoms with Crippen LogP contribution in [0.5, 0.6) is 0 Å². The minimum Gasteiger partial charge on any atom is -0.391 e. The van der Waals surface area contributed by atoms with Crippen LogP contribution in [0.4, 0.5) is 4.39 Å². The highest BCUT2D eigenvalue weighted by atomic mass is 79.9. The molecule has 106 valence electrons. The van der Waals surface area contributed by atoms with Gasteiger partial charge in [-0.05, 0) is 24.1 Å². The third-order valence-electron chi connectivity index (χ3n) is 3.24. The molecule has 0 aromatic heterocycles. The molecule has 1 rings (SSSR count). The number of nitrogens with one attached hydrogen (secondary N) is 1. The summed E-state index contributed by atoms with van der Waals surface area (Å²) in [7, 11) is 0. The standard InChI is InChI=1S/C14H19BrFNO2/c1-3-9(4-2)13(18)8-17-14(19)11-7-10(15)5-6-12(11)16/h5-7,9,13,18H,3-4,8H2,1-2H3,(H,17,19). The molecule has 1 aromatic carbocycles. The summed E-state index contributed by atoms with van der Waals surface area (Å²) in [4.78, 5) is 11.8. The minimum atomic E-state index is -0.603. The Morgan fingerprint density at radius 3 is 2.63 bits per heavy atom. The van der Waals surface area contributed by atoms with Crippen LogP contribution in [-0.2, 0) is 0 Å². The second-order valence-electron chi connectivity index (χ2n) is 4.48. The lowest BCUT2D eigenvalue weighted by atomic mass is 9.96. The van der Waals surface area contributed by atoms with Gasteiger partial charge in [0.05, 0.1) is 11.7 Å². The molecule has 0 bridgehead atoms. The largest absolute Gasteiger partial charge is 0.391 e. The number of amides is 1. The second-order valence-corrected chi connectivity index (χ2v) is 5.39. The lowest BCUT2D eigenvalue weighted by molar-refractivity contribution is 0.0813. The highest BCUT2D eigenvalue weighted by Gasteiger charge is 2.18. The summed E-state index contributed by atoms with van der Waals surface area (Å²) in [6.45, 7) is 4.12. The topological polar surface area (TPSA) is 49.3 Å². The Bertz CT molecular complexity index is 435. The molecular formula is C14H19BrFNO2. The fourth-order valence-corrected chi connectivity index (χ4v) is 2.32. The van der Waals surface area contributed by atoms with Gasteiger partial charge in [0.2, 0.25) is 0 Å². The summed E-state index contributed by atoms with van der Waals surface area (Å²) in [5, 5.41) is 12.5. The van der Waals surface area contributed by atoms with Gasteiger partial charge in [-0.2, -0.15) is 0 Å². The molecule has 2 N–H and O–H groups in total. The molecule has 1 atom stereocenters. The predicted molar refractivity (Wildman–Crippen MR) is 76.5 cm³/mol. The van der Waals surface area contributed by atoms with E-state index in [1.165, 1.54) is 18.2 Å². The van der Waals surface area contributed by atoms with E-state index in [4.69, 9.17) is 0 Å². The summed E-state index contributed by atoms with van der Waals surface area (Å²) >= 11 is 3.19. The first-order valence-electron chi connectivity index (χ1n) is 6.40. The average molecular weight is 332 g/mol. The van der Waals surface area contributed by atoms with Gasteiger partial charge in [-0.25, -0.2) is 4.39 Å². The summed E-state index contributed by atoms with van der Waals surface area (Å²) in [6.07, 6.45) is 1.09. The Balaban J connectivity index is 2.63. The van der Waals surface area contributed by atoms with Crippen molar-refractivity contribution in [3.05, 3.63) is 34.1 Å². The smallest absolute Gasteiger partial charge is 0.254 e. The number of carbonyl (C=O) groups is 1. The quantitative estimate of drug-likeness (QED) is 0.841. The molecule has 1 unspecified atom stereocenters. The van der Waals surface area contributed by atoms with Crippen molar-refractivity contribution in [3.8, 4) is 0 Å². The van der Waals surface area contributed by atoms with Crippen LogP contribution in [0.25, 0.3) is 0 Å². The third kappa shape index (κ3) is 4.58. The number of rotatable bonds is 6. The molecule has 0 saturated heterocycles. The number of halogens is 2. The Hall–Kier alpha value is -0.940. The molecule has 0 fully saturated rings. The van der Waals surface area contributed by atoms with Crippen LogP contribution in [0, 0.1) is 11.7 Å². The Labute approximate surface area is 121 Å². The first kappa shape index (κ1) is 16.1. The number of aliphatic hydroxyl groups excluding tert-OH is 1. The average Bonchev–Trinajstić information content (AvgIpc) is 2.40. The number of benzene rings is 1. The van der Waals surface area contributed by atoms with E-state index in [2.05, 4.69) is 21.2 Å². The van der Waals surface area contributed by atoms with E-state index in [0.29, 0.717) is 4.47 Å². The number of hydrogen-bond donors (Lipinski definition) is 2. The molecule has 0 spiro atoms. The highest BCUT2D eigenvalue weighted by Crippen LogP contribution is 2.16. The van der Waals surface area contributed by atoms with E-state index in [1.807, 2.05) is 13.8 Å². The molecule has 0 aliphatic carbocycles. The van der Waals surface area contributed by atoms with E-state index in [1.54, 1.807) is 0 Å². The fourth-order valence-electron chi connectivity index (χ4n) is 1.96. The van der Waals surface area contributed by atoms with Crippen LogP contribution in [0.3, 0.4) is 0 Å². The molecule has 0 radical (unpaired) electrons. The molecule has 1 aromatic rings. The monoisotopic (exact) mass is 331 g/mol. The van der Waals surface area contributed by atoms with Gasteiger partial charge in [-0.15, -0.1) is 0 Å². The maximum Gasteiger partial charge on any atom is 0.254 e. The lowest BCUT2D eigenvalue weighted by Crippen LogP contribution is -2.36. The van der Waals surface area contributed by atoms with Gasteiger partial charge >= 0.3 is 0 Å². The summed E-state index contributed by atoms with van der Waals surface area (Å²) in [5.41, 5.74) is -0.0221. The van der Waals surface area contributed by atoms with Crippen LogP contribution in [0.2, 0.25) is 0 Å². The Morgan fingerprint density at radius 2 is 2.05 bits per heavy atom. The number of carbonyl (C=O) groups excluding carboxylic acids is 1. The lowest BCUT2D eigenvalue weighted by Gasteiger charge is -2.20. The minimum absolute atomic E-state index is 0.0221. The molecule has 19 heavy (non-hydrogen) atoms. The molecule has 1 amide bonds. The van der Waals surface area contributed by atoms with Gasteiger partial charge in [-0.3, -0.25) is 4.79 Å². The van der Waals surface area contributed by atoms with Crippen molar-refractivity contribution in [1.82, 2.24) is 5.32 Å². The van der Waals surface area contributed by atoms with Gasteiger partial charge in [0, 0.05) is 11.0 Å². The van der Waals surface area contributed by atoms with Crippen molar-refractivity contribution < 1.29 is 14.3 Å². The Kier molecular flexibility index (Phi) is 6.45. The van der Waals surface area contributed by atoms with Gasteiger partial charge in [0.25, 0.3) is 5.91 Å². The zero-order valence-electron chi connectivity index (χ0n) is 11.1. The zero-order chi connectivity index (χ0) is 14.4. The van der Waals surface area contributed by atoms with Gasteiger partial charge in [0.15, 0.2) is 0 Å². The molecule has 0 saturated carbocycles. The van der Waals surface area contributed by atoms with Crippen LogP contribution in [0.15, 0.2) is 22.7 Å². The zero-order valence-corrected chi connectivity index (χ0v) is 12.7. The summed E-state index contributed by atoms with van der Waals surface area (Å²) < 4.78 is 14.1. The van der Waals surface area contributed by atoms with Crippen molar-refractivity contribution in [3.63, 3.8) is 0 Å². The van der Waals surface area contributed by atoms with Gasteiger partial charge < -0.3 is 10.4 Å². The number of aliphatic hydroxyl groups is 1. The van der Waals surface area contributed by atoms with E-state index in [-0.39, 0.29) is 18.0 Å². The van der Waals surface area contributed by atoms with Gasteiger partial charge in [0.1, 0.15) is 5.82 Å². The molecule has 0 aliphatic heterocycles. The highest BCUT2D eigenvalue weighted by molar-refractivity contribution is 9.10. The first-order chi connectivity index (χ1) is 8.99. The molecule has 5 heteroatoms. The van der Waals surface area contributed by atoms with E-state index in [9.17, 15) is 14.3 Å². The van der Waals surface area contributed by atoms with Crippen LogP contribution >= 0.6 is 15.9 Å². The Morgan fingerprint density at radius 1 is 1.42 bits per heavy atom. The van der Waals surface area contributed by atoms with Crippen LogP contribution < -0.4 is 5.32 Å². The van der Waals surface area contributed by atoms with Crippen LogP contribution in [-0.4, -0.2) is 23.7 Å². The third-order valence-corrected chi connectivity index (χ3v) is 3.73. The predicted octanol–water partition coefficient (Wildman–Crippen LogP) is 3.12. The molecular weight excluding hydrogens is 313 g/mol. The van der Waals surface area contributed by atoms with E-state index in [0.717, 1.165) is 12.8 Å².